The van der Waals surface area contributed by atoms with Gasteiger partial charge in [0.25, 0.3) is 0 Å². The molecule has 2 heteroatoms. The van der Waals surface area contributed by atoms with E-state index >= 15 is 0 Å². The van der Waals surface area contributed by atoms with Crippen LogP contribution in [0, 0.1) is 5.92 Å². The monoisotopic (exact) mass is 210 g/mol. The average molecular weight is 210 g/mol. The predicted octanol–water partition coefficient (Wildman–Crippen LogP) is 2.45. The summed E-state index contributed by atoms with van der Waals surface area (Å²) < 4.78 is 0. The van der Waals surface area contributed by atoms with Crippen molar-refractivity contribution in [3.63, 3.8) is 0 Å². The van der Waals surface area contributed by atoms with E-state index in [2.05, 4.69) is 18.8 Å². The SMILES string of the molecule is C=CCNC1(CN)CCC(CCC)CC1. The topological polar surface area (TPSA) is 38.0 Å². The van der Waals surface area contributed by atoms with Gasteiger partial charge < -0.3 is 11.1 Å². The molecule has 0 aromatic rings. The van der Waals surface area contributed by atoms with Crippen molar-refractivity contribution in [3.05, 3.63) is 12.7 Å². The van der Waals surface area contributed by atoms with E-state index in [1.165, 1.54) is 38.5 Å². The predicted molar refractivity (Wildman–Crippen MR) is 66.9 cm³/mol. The number of nitrogens with one attached hydrogen (secondary N) is 1. The molecule has 1 rings (SSSR count). The number of hydrogen-bond acceptors (Lipinski definition) is 2. The van der Waals surface area contributed by atoms with Gasteiger partial charge in [-0.05, 0) is 31.6 Å². The maximum absolute atomic E-state index is 5.90. The second-order valence-electron chi connectivity index (χ2n) is 4.89. The van der Waals surface area contributed by atoms with Gasteiger partial charge in [-0.15, -0.1) is 6.58 Å². The van der Waals surface area contributed by atoms with E-state index in [1.54, 1.807) is 0 Å². The Kier molecular flexibility index (Phi) is 5.34. The molecule has 0 aromatic carbocycles. The lowest BCUT2D eigenvalue weighted by atomic mass is 9.75. The fourth-order valence-electron chi connectivity index (χ4n) is 2.67. The van der Waals surface area contributed by atoms with Gasteiger partial charge in [-0.25, -0.2) is 0 Å². The fraction of sp³-hybridized carbons (Fsp3) is 0.846. The first-order valence-corrected chi connectivity index (χ1v) is 6.32. The minimum Gasteiger partial charge on any atom is -0.329 e. The van der Waals surface area contributed by atoms with Crippen molar-refractivity contribution in [2.24, 2.45) is 11.7 Å². The molecule has 15 heavy (non-hydrogen) atoms. The summed E-state index contributed by atoms with van der Waals surface area (Å²) in [6, 6.07) is 0. The number of nitrogens with two attached hydrogens (primary N) is 1. The molecule has 0 aromatic heterocycles. The summed E-state index contributed by atoms with van der Waals surface area (Å²) in [5, 5.41) is 3.55. The zero-order valence-electron chi connectivity index (χ0n) is 10.1. The second-order valence-corrected chi connectivity index (χ2v) is 4.89. The van der Waals surface area contributed by atoms with Gasteiger partial charge in [0, 0.05) is 18.6 Å². The highest BCUT2D eigenvalue weighted by atomic mass is 15.0. The first-order chi connectivity index (χ1) is 7.26. The van der Waals surface area contributed by atoms with Crippen molar-refractivity contribution in [2.45, 2.75) is 51.0 Å². The smallest absolute Gasteiger partial charge is 0.0307 e. The van der Waals surface area contributed by atoms with E-state index in [9.17, 15) is 0 Å². The molecule has 1 aliphatic rings. The highest BCUT2D eigenvalue weighted by molar-refractivity contribution is 4.95. The number of rotatable bonds is 6. The molecule has 0 bridgehead atoms. The third-order valence-corrected chi connectivity index (χ3v) is 3.77. The molecule has 0 amide bonds. The lowest BCUT2D eigenvalue weighted by Gasteiger charge is -2.40. The van der Waals surface area contributed by atoms with E-state index in [1.807, 2.05) is 6.08 Å². The lowest BCUT2D eigenvalue weighted by Crippen LogP contribution is -2.53. The van der Waals surface area contributed by atoms with Crippen LogP contribution in [0.2, 0.25) is 0 Å². The third kappa shape index (κ3) is 3.62. The maximum atomic E-state index is 5.90. The van der Waals surface area contributed by atoms with Crippen molar-refractivity contribution >= 4 is 0 Å². The van der Waals surface area contributed by atoms with Gasteiger partial charge in [-0.3, -0.25) is 0 Å². The summed E-state index contributed by atoms with van der Waals surface area (Å²) in [7, 11) is 0. The van der Waals surface area contributed by atoms with Crippen LogP contribution in [0.1, 0.15) is 45.4 Å². The van der Waals surface area contributed by atoms with Crippen LogP contribution in [-0.2, 0) is 0 Å². The highest BCUT2D eigenvalue weighted by Crippen LogP contribution is 2.33. The molecule has 1 saturated carbocycles. The first kappa shape index (κ1) is 12.7. The molecule has 88 valence electrons. The lowest BCUT2D eigenvalue weighted by molar-refractivity contribution is 0.192. The largest absolute Gasteiger partial charge is 0.329 e. The molecule has 2 nitrogen and oxygen atoms in total. The third-order valence-electron chi connectivity index (χ3n) is 3.77. The summed E-state index contributed by atoms with van der Waals surface area (Å²) >= 11 is 0. The Labute approximate surface area is 94.3 Å². The molecule has 0 unspecified atom stereocenters. The molecule has 0 saturated heterocycles. The van der Waals surface area contributed by atoms with Crippen LogP contribution in [0.5, 0.6) is 0 Å². The molecule has 0 atom stereocenters. The molecule has 0 heterocycles. The van der Waals surface area contributed by atoms with E-state index in [0.29, 0.717) is 0 Å². The Hall–Kier alpha value is -0.340. The Bertz CT molecular complexity index is 181. The van der Waals surface area contributed by atoms with Gasteiger partial charge in [0.05, 0.1) is 0 Å². The average Bonchev–Trinajstić information content (AvgIpc) is 2.29. The minimum absolute atomic E-state index is 0.207. The van der Waals surface area contributed by atoms with E-state index in [4.69, 9.17) is 5.73 Å². The molecule has 0 aliphatic heterocycles. The molecule has 0 spiro atoms. The summed E-state index contributed by atoms with van der Waals surface area (Å²) in [5.41, 5.74) is 6.11. The zero-order valence-corrected chi connectivity index (χ0v) is 10.1. The number of hydrogen-bond donors (Lipinski definition) is 2. The second kappa shape index (κ2) is 6.29. The Morgan fingerprint density at radius 2 is 2.13 bits per heavy atom. The summed E-state index contributed by atoms with van der Waals surface area (Å²) in [6.07, 6.45) is 9.80. The summed E-state index contributed by atoms with van der Waals surface area (Å²) in [5.74, 6) is 0.945. The fourth-order valence-corrected chi connectivity index (χ4v) is 2.67. The molecule has 3 N–H and O–H groups in total. The Balaban J connectivity index is 2.39. The van der Waals surface area contributed by atoms with E-state index in [-0.39, 0.29) is 5.54 Å². The van der Waals surface area contributed by atoms with Crippen LogP contribution in [0.15, 0.2) is 12.7 Å². The Morgan fingerprint density at radius 3 is 2.60 bits per heavy atom. The normalized spacial score (nSPS) is 31.5. The molecular formula is C13H26N2. The van der Waals surface area contributed by atoms with Crippen LogP contribution < -0.4 is 11.1 Å². The first-order valence-electron chi connectivity index (χ1n) is 6.32. The van der Waals surface area contributed by atoms with Crippen LogP contribution in [0.4, 0.5) is 0 Å². The quantitative estimate of drug-likeness (QED) is 0.661. The highest BCUT2D eigenvalue weighted by Gasteiger charge is 2.32. The zero-order chi connectivity index (χ0) is 11.1. The minimum atomic E-state index is 0.207. The van der Waals surface area contributed by atoms with Gasteiger partial charge in [0.1, 0.15) is 0 Å². The van der Waals surface area contributed by atoms with Crippen LogP contribution >= 0.6 is 0 Å². The molecule has 1 fully saturated rings. The van der Waals surface area contributed by atoms with Crippen molar-refractivity contribution in [1.29, 1.82) is 0 Å². The summed E-state index contributed by atoms with van der Waals surface area (Å²) in [6.45, 7) is 7.68. The van der Waals surface area contributed by atoms with Gasteiger partial charge in [-0.2, -0.15) is 0 Å². The van der Waals surface area contributed by atoms with E-state index in [0.717, 1.165) is 19.0 Å². The van der Waals surface area contributed by atoms with Crippen LogP contribution in [0.25, 0.3) is 0 Å². The van der Waals surface area contributed by atoms with Gasteiger partial charge in [0.15, 0.2) is 0 Å². The molecule has 0 radical (unpaired) electrons. The van der Waals surface area contributed by atoms with Crippen molar-refractivity contribution < 1.29 is 0 Å². The van der Waals surface area contributed by atoms with Crippen molar-refractivity contribution in [1.82, 2.24) is 5.32 Å². The van der Waals surface area contributed by atoms with Gasteiger partial charge in [-0.1, -0.05) is 25.8 Å². The van der Waals surface area contributed by atoms with Crippen LogP contribution in [-0.4, -0.2) is 18.6 Å². The van der Waals surface area contributed by atoms with Crippen LogP contribution in [0.3, 0.4) is 0 Å². The molecular weight excluding hydrogens is 184 g/mol. The van der Waals surface area contributed by atoms with Gasteiger partial charge >= 0.3 is 0 Å². The summed E-state index contributed by atoms with van der Waals surface area (Å²) in [4.78, 5) is 0. The van der Waals surface area contributed by atoms with Gasteiger partial charge in [0.2, 0.25) is 0 Å². The molecule has 1 aliphatic carbocycles. The Morgan fingerprint density at radius 1 is 1.47 bits per heavy atom. The standard InChI is InChI=1S/C13H26N2/c1-3-5-12-6-8-13(11-14,9-7-12)15-10-4-2/h4,12,15H,2-3,5-11,14H2,1H3. The van der Waals surface area contributed by atoms with Crippen molar-refractivity contribution in [2.75, 3.05) is 13.1 Å². The van der Waals surface area contributed by atoms with Crippen molar-refractivity contribution in [3.8, 4) is 0 Å². The van der Waals surface area contributed by atoms with E-state index < -0.39 is 0 Å². The maximum Gasteiger partial charge on any atom is 0.0307 e.